The fourth-order valence-electron chi connectivity index (χ4n) is 2.37. The van der Waals surface area contributed by atoms with Crippen LogP contribution in [0.15, 0.2) is 42.5 Å². The smallest absolute Gasteiger partial charge is 0.126 e. The lowest BCUT2D eigenvalue weighted by atomic mass is 10.0. The van der Waals surface area contributed by atoms with E-state index in [1.807, 2.05) is 24.3 Å². The van der Waals surface area contributed by atoms with Crippen LogP contribution in [0.5, 0.6) is 0 Å². The van der Waals surface area contributed by atoms with E-state index in [0.717, 1.165) is 18.1 Å². The highest BCUT2D eigenvalue weighted by atomic mass is 35.5. The fourth-order valence-corrected chi connectivity index (χ4v) is 2.57. The van der Waals surface area contributed by atoms with Crippen LogP contribution in [0.1, 0.15) is 30.5 Å². The van der Waals surface area contributed by atoms with E-state index < -0.39 is 11.6 Å². The maximum absolute atomic E-state index is 13.1. The van der Waals surface area contributed by atoms with Gasteiger partial charge in [-0.1, -0.05) is 30.7 Å². The van der Waals surface area contributed by atoms with Crippen molar-refractivity contribution in [3.63, 3.8) is 0 Å². The third-order valence-corrected chi connectivity index (χ3v) is 3.62. The average Bonchev–Trinajstić information content (AvgIpc) is 2.42. The van der Waals surface area contributed by atoms with Gasteiger partial charge in [0, 0.05) is 17.1 Å². The zero-order chi connectivity index (χ0) is 15.2. The second kappa shape index (κ2) is 7.53. The second-order valence-electron chi connectivity index (χ2n) is 5.00. The molecule has 0 aromatic heterocycles. The van der Waals surface area contributed by atoms with Crippen molar-refractivity contribution in [1.29, 1.82) is 0 Å². The van der Waals surface area contributed by atoms with Crippen molar-refractivity contribution in [3.05, 3.63) is 70.2 Å². The summed E-state index contributed by atoms with van der Waals surface area (Å²) in [5.41, 5.74) is 1.77. The van der Waals surface area contributed by atoms with Crippen LogP contribution < -0.4 is 5.32 Å². The van der Waals surface area contributed by atoms with E-state index in [2.05, 4.69) is 12.2 Å². The number of hydrogen-bond donors (Lipinski definition) is 1. The van der Waals surface area contributed by atoms with E-state index in [-0.39, 0.29) is 6.04 Å². The Kier molecular flexibility index (Phi) is 5.71. The molecule has 112 valence electrons. The van der Waals surface area contributed by atoms with E-state index >= 15 is 0 Å². The van der Waals surface area contributed by atoms with E-state index in [1.54, 1.807) is 0 Å². The summed E-state index contributed by atoms with van der Waals surface area (Å²) in [5, 5.41) is 4.11. The number of benzene rings is 2. The van der Waals surface area contributed by atoms with Crippen LogP contribution in [0.3, 0.4) is 0 Å². The van der Waals surface area contributed by atoms with Crippen molar-refractivity contribution in [2.45, 2.75) is 25.8 Å². The highest BCUT2D eigenvalue weighted by molar-refractivity contribution is 6.30. The first-order valence-electron chi connectivity index (χ1n) is 7.02. The number of nitrogens with one attached hydrogen (secondary N) is 1. The summed E-state index contributed by atoms with van der Waals surface area (Å²) in [4.78, 5) is 0. The van der Waals surface area contributed by atoms with Gasteiger partial charge in [0.25, 0.3) is 0 Å². The van der Waals surface area contributed by atoms with Gasteiger partial charge in [0.05, 0.1) is 0 Å². The van der Waals surface area contributed by atoms with Crippen LogP contribution in [-0.2, 0) is 6.42 Å². The maximum atomic E-state index is 13.1. The van der Waals surface area contributed by atoms with Gasteiger partial charge in [-0.2, -0.15) is 0 Å². The first-order chi connectivity index (χ1) is 10.1. The zero-order valence-corrected chi connectivity index (χ0v) is 12.6. The summed E-state index contributed by atoms with van der Waals surface area (Å²) >= 11 is 6.00. The average molecular weight is 310 g/mol. The lowest BCUT2D eigenvalue weighted by Gasteiger charge is -2.17. The quantitative estimate of drug-likeness (QED) is 0.800. The standard InChI is InChI=1S/C17H18ClF2N/c1-2-17(13-4-3-5-14(18)10-13)21-7-6-12-8-15(19)11-16(20)9-12/h3-5,8-11,17,21H,2,6-7H2,1H3. The van der Waals surface area contributed by atoms with Crippen molar-refractivity contribution in [2.75, 3.05) is 6.54 Å². The zero-order valence-electron chi connectivity index (χ0n) is 11.9. The number of rotatable bonds is 6. The monoisotopic (exact) mass is 309 g/mol. The van der Waals surface area contributed by atoms with E-state index in [0.29, 0.717) is 23.6 Å². The SMILES string of the molecule is CCC(NCCc1cc(F)cc(F)c1)c1cccc(Cl)c1. The van der Waals surface area contributed by atoms with Crippen molar-refractivity contribution >= 4 is 11.6 Å². The van der Waals surface area contributed by atoms with E-state index in [1.165, 1.54) is 12.1 Å². The second-order valence-corrected chi connectivity index (χ2v) is 5.43. The first-order valence-corrected chi connectivity index (χ1v) is 7.40. The molecule has 1 atom stereocenters. The van der Waals surface area contributed by atoms with Gasteiger partial charge in [-0.25, -0.2) is 8.78 Å². The molecule has 0 aliphatic carbocycles. The van der Waals surface area contributed by atoms with Gasteiger partial charge in [0.2, 0.25) is 0 Å². The van der Waals surface area contributed by atoms with Gasteiger partial charge in [-0.3, -0.25) is 0 Å². The third kappa shape index (κ3) is 4.80. The lowest BCUT2D eigenvalue weighted by molar-refractivity contribution is 0.520. The van der Waals surface area contributed by atoms with Crippen LogP contribution in [0.4, 0.5) is 8.78 Å². The van der Waals surface area contributed by atoms with Crippen LogP contribution in [0, 0.1) is 11.6 Å². The molecule has 2 aromatic rings. The minimum absolute atomic E-state index is 0.183. The highest BCUT2D eigenvalue weighted by Crippen LogP contribution is 2.20. The Morgan fingerprint density at radius 1 is 1.10 bits per heavy atom. The number of halogens is 3. The fraction of sp³-hybridized carbons (Fsp3) is 0.294. The molecule has 1 unspecified atom stereocenters. The summed E-state index contributed by atoms with van der Waals surface area (Å²) in [7, 11) is 0. The van der Waals surface area contributed by atoms with Gasteiger partial charge < -0.3 is 5.32 Å². The Morgan fingerprint density at radius 3 is 2.43 bits per heavy atom. The highest BCUT2D eigenvalue weighted by Gasteiger charge is 2.09. The Morgan fingerprint density at radius 2 is 1.81 bits per heavy atom. The molecule has 0 aliphatic rings. The van der Waals surface area contributed by atoms with Crippen molar-refractivity contribution in [3.8, 4) is 0 Å². The van der Waals surface area contributed by atoms with Crippen LogP contribution >= 0.6 is 11.6 Å². The molecule has 0 heterocycles. The summed E-state index contributed by atoms with van der Waals surface area (Å²) in [6, 6.07) is 11.5. The molecule has 0 amide bonds. The predicted octanol–water partition coefficient (Wildman–Crippen LogP) is 4.90. The Hall–Kier alpha value is -1.45. The molecule has 2 rings (SSSR count). The molecular weight excluding hydrogens is 292 g/mol. The molecule has 0 spiro atoms. The van der Waals surface area contributed by atoms with Crippen LogP contribution in [0.2, 0.25) is 5.02 Å². The molecule has 4 heteroatoms. The van der Waals surface area contributed by atoms with Crippen LogP contribution in [-0.4, -0.2) is 6.54 Å². The van der Waals surface area contributed by atoms with Gasteiger partial charge >= 0.3 is 0 Å². The maximum Gasteiger partial charge on any atom is 0.126 e. The predicted molar refractivity (Wildman–Crippen MR) is 82.5 cm³/mol. The summed E-state index contributed by atoms with van der Waals surface area (Å²) in [6.45, 7) is 2.73. The molecule has 0 saturated carbocycles. The van der Waals surface area contributed by atoms with Crippen molar-refractivity contribution in [1.82, 2.24) is 5.32 Å². The lowest BCUT2D eigenvalue weighted by Crippen LogP contribution is -2.23. The molecule has 0 saturated heterocycles. The number of hydrogen-bond acceptors (Lipinski definition) is 1. The topological polar surface area (TPSA) is 12.0 Å². The Labute approximate surface area is 128 Å². The molecule has 2 aromatic carbocycles. The molecule has 21 heavy (non-hydrogen) atoms. The molecule has 0 fully saturated rings. The van der Waals surface area contributed by atoms with Gasteiger partial charge in [-0.15, -0.1) is 0 Å². The summed E-state index contributed by atoms with van der Waals surface area (Å²) < 4.78 is 26.2. The van der Waals surface area contributed by atoms with Gasteiger partial charge in [0.15, 0.2) is 0 Å². The van der Waals surface area contributed by atoms with Crippen LogP contribution in [0.25, 0.3) is 0 Å². The Bertz CT molecular complexity index is 581. The molecule has 0 radical (unpaired) electrons. The molecule has 1 N–H and O–H groups in total. The third-order valence-electron chi connectivity index (χ3n) is 3.39. The van der Waals surface area contributed by atoms with Crippen molar-refractivity contribution in [2.24, 2.45) is 0 Å². The van der Waals surface area contributed by atoms with E-state index in [4.69, 9.17) is 11.6 Å². The molecule has 0 bridgehead atoms. The van der Waals surface area contributed by atoms with E-state index in [9.17, 15) is 8.78 Å². The molecule has 1 nitrogen and oxygen atoms in total. The largest absolute Gasteiger partial charge is 0.310 e. The van der Waals surface area contributed by atoms with Gasteiger partial charge in [-0.05, 0) is 54.8 Å². The normalized spacial score (nSPS) is 12.4. The molecular formula is C17H18ClF2N. The minimum Gasteiger partial charge on any atom is -0.310 e. The van der Waals surface area contributed by atoms with Gasteiger partial charge in [0.1, 0.15) is 11.6 Å². The minimum atomic E-state index is -0.535. The first kappa shape index (κ1) is 15.9. The molecule has 0 aliphatic heterocycles. The summed E-state index contributed by atoms with van der Waals surface area (Å²) in [6.07, 6.45) is 1.49. The Balaban J connectivity index is 1.94. The van der Waals surface area contributed by atoms with Crippen molar-refractivity contribution < 1.29 is 8.78 Å². The summed E-state index contributed by atoms with van der Waals surface area (Å²) in [5.74, 6) is -1.07.